The number of aromatic nitrogens is 1. The van der Waals surface area contributed by atoms with Gasteiger partial charge >= 0.3 is 5.97 Å². The van der Waals surface area contributed by atoms with Crippen LogP contribution in [0.1, 0.15) is 25.7 Å². The molecule has 0 atom stereocenters. The van der Waals surface area contributed by atoms with E-state index in [0.717, 1.165) is 54.3 Å². The molecule has 0 radical (unpaired) electrons. The highest BCUT2D eigenvalue weighted by atomic mass is 16.5. The van der Waals surface area contributed by atoms with Gasteiger partial charge in [-0.1, -0.05) is 0 Å². The summed E-state index contributed by atoms with van der Waals surface area (Å²) in [6.07, 6.45) is 1.54. The summed E-state index contributed by atoms with van der Waals surface area (Å²) in [7, 11) is 3.28. The smallest absolute Gasteiger partial charge is 0.302 e. The summed E-state index contributed by atoms with van der Waals surface area (Å²) in [5.74, 6) is 2.50. The van der Waals surface area contributed by atoms with Crippen molar-refractivity contribution in [1.29, 1.82) is 0 Å². The summed E-state index contributed by atoms with van der Waals surface area (Å²) in [5, 5.41) is 3.37. The summed E-state index contributed by atoms with van der Waals surface area (Å²) in [5.41, 5.74) is 2.09. The van der Waals surface area contributed by atoms with Gasteiger partial charge in [-0.15, -0.1) is 0 Å². The molecular weight excluding hydrogens is 408 g/mol. The minimum atomic E-state index is -0.469. The quantitative estimate of drug-likeness (QED) is 0.556. The minimum Gasteiger partial charge on any atom is -0.497 e. The fourth-order valence-corrected chi connectivity index (χ4v) is 3.99. The molecule has 2 heterocycles. The third-order valence-corrected chi connectivity index (χ3v) is 5.91. The highest BCUT2D eigenvalue weighted by Crippen LogP contribution is 2.41. The fourth-order valence-electron chi connectivity index (χ4n) is 3.99. The number of methoxy groups -OCH3 is 2. The third kappa shape index (κ3) is 4.48. The summed E-state index contributed by atoms with van der Waals surface area (Å²) in [4.78, 5) is 16.6. The first-order valence-electron chi connectivity index (χ1n) is 10.7. The van der Waals surface area contributed by atoms with Crippen molar-refractivity contribution in [3.05, 3.63) is 54.4 Å². The van der Waals surface area contributed by atoms with E-state index in [9.17, 15) is 4.79 Å². The molecular formula is C25H28N2O5. The van der Waals surface area contributed by atoms with Crippen LogP contribution in [0.5, 0.6) is 11.5 Å². The highest BCUT2D eigenvalue weighted by Gasteiger charge is 2.41. The Bertz CT molecular complexity index is 986. The summed E-state index contributed by atoms with van der Waals surface area (Å²) >= 11 is 0. The molecule has 1 aromatic heterocycles. The number of carbonyl (C=O) groups is 1. The number of oxazole rings is 1. The molecule has 0 spiro atoms. The van der Waals surface area contributed by atoms with Crippen molar-refractivity contribution in [3.8, 4) is 34.1 Å². The van der Waals surface area contributed by atoms with Gasteiger partial charge in [0.25, 0.3) is 0 Å². The van der Waals surface area contributed by atoms with Crippen LogP contribution in [0.15, 0.2) is 52.9 Å². The first kappa shape index (κ1) is 21.9. The topological polar surface area (TPSA) is 82.8 Å². The first-order chi connectivity index (χ1) is 15.5. The van der Waals surface area contributed by atoms with Crippen LogP contribution in [-0.4, -0.2) is 44.9 Å². The van der Waals surface area contributed by atoms with Gasteiger partial charge < -0.3 is 23.9 Å². The monoisotopic (exact) mass is 436 g/mol. The molecule has 0 aliphatic carbocycles. The Morgan fingerprint density at radius 3 is 2.06 bits per heavy atom. The van der Waals surface area contributed by atoms with E-state index in [1.165, 1.54) is 6.92 Å². The third-order valence-electron chi connectivity index (χ3n) is 5.91. The second kappa shape index (κ2) is 9.44. The Labute approximate surface area is 187 Å². The molecule has 3 aromatic rings. The number of hydrogen-bond donors (Lipinski definition) is 1. The first-order valence-corrected chi connectivity index (χ1v) is 10.7. The Morgan fingerprint density at radius 2 is 1.53 bits per heavy atom. The summed E-state index contributed by atoms with van der Waals surface area (Å²) in [6.45, 7) is 3.28. The van der Waals surface area contributed by atoms with Crippen molar-refractivity contribution in [2.24, 2.45) is 0 Å². The molecule has 0 bridgehead atoms. The van der Waals surface area contributed by atoms with Gasteiger partial charge in [0.15, 0.2) is 5.76 Å². The normalized spacial score (nSPS) is 15.2. The van der Waals surface area contributed by atoms with Gasteiger partial charge in [0.2, 0.25) is 5.89 Å². The molecule has 0 amide bonds. The van der Waals surface area contributed by atoms with Crippen LogP contribution in [0.4, 0.5) is 0 Å². The van der Waals surface area contributed by atoms with Crippen molar-refractivity contribution < 1.29 is 23.4 Å². The van der Waals surface area contributed by atoms with Gasteiger partial charge in [-0.3, -0.25) is 4.79 Å². The van der Waals surface area contributed by atoms with Crippen LogP contribution >= 0.6 is 0 Å². The van der Waals surface area contributed by atoms with Crippen molar-refractivity contribution in [1.82, 2.24) is 10.3 Å². The minimum absolute atomic E-state index is 0.245. The Kier molecular flexibility index (Phi) is 6.46. The number of esters is 1. The lowest BCUT2D eigenvalue weighted by Crippen LogP contribution is -2.43. The average Bonchev–Trinajstić information content (AvgIpc) is 3.30. The molecule has 0 unspecified atom stereocenters. The molecule has 1 aliphatic heterocycles. The van der Waals surface area contributed by atoms with Gasteiger partial charge in [-0.2, -0.15) is 0 Å². The molecule has 1 aliphatic rings. The second-order valence-electron chi connectivity index (χ2n) is 7.96. The number of hydrogen-bond acceptors (Lipinski definition) is 7. The van der Waals surface area contributed by atoms with Gasteiger partial charge in [0, 0.05) is 18.1 Å². The van der Waals surface area contributed by atoms with Gasteiger partial charge in [0.05, 0.1) is 19.6 Å². The Hall–Kier alpha value is -3.32. The Morgan fingerprint density at radius 1 is 0.969 bits per heavy atom. The molecule has 4 rings (SSSR count). The lowest BCUT2D eigenvalue weighted by molar-refractivity contribution is -0.143. The van der Waals surface area contributed by atoms with Crippen LogP contribution in [-0.2, 0) is 14.9 Å². The van der Waals surface area contributed by atoms with Crippen LogP contribution in [0.3, 0.4) is 0 Å². The number of nitrogens with zero attached hydrogens (tertiary/aromatic N) is 1. The number of benzene rings is 2. The van der Waals surface area contributed by atoms with Gasteiger partial charge in [0.1, 0.15) is 23.8 Å². The molecule has 1 N–H and O–H groups in total. The predicted molar refractivity (Wildman–Crippen MR) is 121 cm³/mol. The zero-order valence-electron chi connectivity index (χ0n) is 18.6. The molecule has 1 saturated heterocycles. The van der Waals surface area contributed by atoms with E-state index in [-0.39, 0.29) is 12.6 Å². The zero-order valence-corrected chi connectivity index (χ0v) is 18.6. The van der Waals surface area contributed by atoms with Crippen molar-refractivity contribution in [2.45, 2.75) is 25.2 Å². The van der Waals surface area contributed by atoms with Crippen LogP contribution < -0.4 is 14.8 Å². The second-order valence-corrected chi connectivity index (χ2v) is 7.96. The lowest BCUT2D eigenvalue weighted by atomic mass is 9.79. The highest BCUT2D eigenvalue weighted by molar-refractivity contribution is 5.77. The van der Waals surface area contributed by atoms with E-state index in [1.54, 1.807) is 14.2 Å². The molecule has 32 heavy (non-hydrogen) atoms. The maximum atomic E-state index is 11.6. The van der Waals surface area contributed by atoms with E-state index in [4.69, 9.17) is 23.6 Å². The molecule has 7 heteroatoms. The van der Waals surface area contributed by atoms with Crippen molar-refractivity contribution in [2.75, 3.05) is 33.9 Å². The van der Waals surface area contributed by atoms with Gasteiger partial charge in [-0.05, 0) is 74.5 Å². The predicted octanol–water partition coefficient (Wildman–Crippen LogP) is 4.21. The molecule has 1 fully saturated rings. The number of piperidine rings is 1. The Balaban J connectivity index is 1.82. The fraction of sp³-hybridized carbons (Fsp3) is 0.360. The summed E-state index contributed by atoms with van der Waals surface area (Å²) in [6, 6.07) is 15.4. The van der Waals surface area contributed by atoms with E-state index in [2.05, 4.69) is 5.32 Å². The average molecular weight is 437 g/mol. The molecule has 7 nitrogen and oxygen atoms in total. The van der Waals surface area contributed by atoms with Crippen molar-refractivity contribution >= 4 is 5.97 Å². The molecule has 168 valence electrons. The molecule has 2 aromatic carbocycles. The van der Waals surface area contributed by atoms with Crippen LogP contribution in [0.25, 0.3) is 22.6 Å². The maximum absolute atomic E-state index is 11.6. The standard InChI is InChI=1S/C25H28N2O5/c1-17(28)31-16-25(12-14-26-15-13-25)24-27-22(18-4-8-20(29-2)9-5-18)23(32-24)19-6-10-21(30-3)11-7-19/h4-11,26H,12-16H2,1-3H3. The summed E-state index contributed by atoms with van der Waals surface area (Å²) < 4.78 is 22.5. The number of nitrogens with one attached hydrogen (secondary N) is 1. The number of carbonyl (C=O) groups excluding carboxylic acids is 1. The van der Waals surface area contributed by atoms with Gasteiger partial charge in [-0.25, -0.2) is 4.98 Å². The van der Waals surface area contributed by atoms with E-state index < -0.39 is 5.41 Å². The van der Waals surface area contributed by atoms with E-state index in [1.807, 2.05) is 48.5 Å². The number of rotatable bonds is 7. The number of ether oxygens (including phenoxy) is 3. The van der Waals surface area contributed by atoms with E-state index in [0.29, 0.717) is 11.7 Å². The molecule has 0 saturated carbocycles. The zero-order chi connectivity index (χ0) is 22.6. The van der Waals surface area contributed by atoms with Crippen molar-refractivity contribution in [3.63, 3.8) is 0 Å². The van der Waals surface area contributed by atoms with E-state index >= 15 is 0 Å². The SMILES string of the molecule is COc1ccc(-c2nc(C3(COC(C)=O)CCNCC3)oc2-c2ccc(OC)cc2)cc1. The largest absolute Gasteiger partial charge is 0.497 e. The lowest BCUT2D eigenvalue weighted by Gasteiger charge is -2.34. The maximum Gasteiger partial charge on any atom is 0.302 e. The van der Waals surface area contributed by atoms with Crippen LogP contribution in [0, 0.1) is 0 Å². The van der Waals surface area contributed by atoms with Crippen LogP contribution in [0.2, 0.25) is 0 Å².